The highest BCUT2D eigenvalue weighted by molar-refractivity contribution is 5.84. The van der Waals surface area contributed by atoms with Crippen molar-refractivity contribution in [1.29, 1.82) is 0 Å². The quantitative estimate of drug-likeness (QED) is 0.686. The third kappa shape index (κ3) is 4.72. The molecule has 1 N–H and O–H groups in total. The van der Waals surface area contributed by atoms with Crippen LogP contribution in [0, 0.1) is 17.8 Å². The fourth-order valence-corrected chi connectivity index (χ4v) is 6.55. The van der Waals surface area contributed by atoms with Crippen LogP contribution < -0.4 is 5.32 Å². The predicted molar refractivity (Wildman–Crippen MR) is 126 cm³/mol. The monoisotopic (exact) mass is 416 g/mol. The first-order valence-electron chi connectivity index (χ1n) is 12.4. The van der Waals surface area contributed by atoms with Crippen LogP contribution in [-0.2, 0) is 11.3 Å². The summed E-state index contributed by atoms with van der Waals surface area (Å²) in [7, 11) is 0. The Hall–Kier alpha value is -2.13. The number of nitrogens with zero attached hydrogens (tertiary/aromatic N) is 1. The van der Waals surface area contributed by atoms with Crippen molar-refractivity contribution in [2.75, 3.05) is 13.1 Å². The number of amides is 1. The van der Waals surface area contributed by atoms with Gasteiger partial charge in [0, 0.05) is 25.7 Å². The highest BCUT2D eigenvalue weighted by atomic mass is 16.2. The van der Waals surface area contributed by atoms with Gasteiger partial charge < -0.3 is 5.32 Å². The van der Waals surface area contributed by atoms with Crippen LogP contribution in [0.2, 0.25) is 0 Å². The van der Waals surface area contributed by atoms with Crippen molar-refractivity contribution in [2.45, 2.75) is 63.5 Å². The molecule has 3 aliphatic rings. The van der Waals surface area contributed by atoms with Crippen LogP contribution in [-0.4, -0.2) is 29.9 Å². The maximum atomic E-state index is 13.6. The molecule has 2 aromatic carbocycles. The second-order valence-electron chi connectivity index (χ2n) is 10.1. The Morgan fingerprint density at radius 1 is 0.871 bits per heavy atom. The molecular weight excluding hydrogens is 380 g/mol. The molecule has 3 nitrogen and oxygen atoms in total. The van der Waals surface area contributed by atoms with Gasteiger partial charge in [-0.3, -0.25) is 9.69 Å². The van der Waals surface area contributed by atoms with Gasteiger partial charge in [0.15, 0.2) is 0 Å². The van der Waals surface area contributed by atoms with Gasteiger partial charge in [0.2, 0.25) is 5.91 Å². The van der Waals surface area contributed by atoms with Gasteiger partial charge in [-0.15, -0.1) is 0 Å². The average Bonchev–Trinajstić information content (AvgIpc) is 3.37. The molecule has 2 aromatic rings. The molecule has 5 rings (SSSR count). The molecule has 3 heteroatoms. The first kappa shape index (κ1) is 20.8. The average molecular weight is 417 g/mol. The number of rotatable bonds is 6. The van der Waals surface area contributed by atoms with E-state index < -0.39 is 0 Å². The minimum Gasteiger partial charge on any atom is -0.352 e. The molecule has 4 unspecified atom stereocenters. The number of likely N-dealkylation sites (tertiary alicyclic amines) is 1. The Balaban J connectivity index is 1.25. The van der Waals surface area contributed by atoms with Crippen LogP contribution in [0.25, 0.3) is 0 Å². The second kappa shape index (κ2) is 9.56. The van der Waals surface area contributed by atoms with Crippen molar-refractivity contribution in [2.24, 2.45) is 17.8 Å². The summed E-state index contributed by atoms with van der Waals surface area (Å²) in [6.45, 7) is 3.32. The zero-order valence-electron chi connectivity index (χ0n) is 18.6. The summed E-state index contributed by atoms with van der Waals surface area (Å²) < 4.78 is 0. The van der Waals surface area contributed by atoms with E-state index in [2.05, 4.69) is 70.9 Å². The van der Waals surface area contributed by atoms with Crippen molar-refractivity contribution < 1.29 is 4.79 Å². The van der Waals surface area contributed by atoms with Crippen molar-refractivity contribution in [3.8, 4) is 0 Å². The summed E-state index contributed by atoms with van der Waals surface area (Å²) in [6, 6.07) is 21.7. The highest BCUT2D eigenvalue weighted by Crippen LogP contribution is 2.40. The molecule has 0 bridgehead atoms. The van der Waals surface area contributed by atoms with Gasteiger partial charge in [-0.2, -0.15) is 0 Å². The normalized spacial score (nSPS) is 27.7. The van der Waals surface area contributed by atoms with E-state index in [1.165, 1.54) is 56.2 Å². The van der Waals surface area contributed by atoms with E-state index in [1.807, 2.05) is 0 Å². The van der Waals surface area contributed by atoms with Crippen LogP contribution in [0.4, 0.5) is 0 Å². The minimum absolute atomic E-state index is 0.0161. The smallest absolute Gasteiger partial charge is 0.228 e. The summed E-state index contributed by atoms with van der Waals surface area (Å²) in [5.41, 5.74) is 2.60. The van der Waals surface area contributed by atoms with Gasteiger partial charge in [0.25, 0.3) is 0 Å². The summed E-state index contributed by atoms with van der Waals surface area (Å²) in [5, 5.41) is 3.56. The van der Waals surface area contributed by atoms with E-state index in [-0.39, 0.29) is 11.8 Å². The number of benzene rings is 2. The molecule has 2 saturated carbocycles. The summed E-state index contributed by atoms with van der Waals surface area (Å²) in [6.07, 6.45) is 8.63. The van der Waals surface area contributed by atoms with Crippen LogP contribution in [0.3, 0.4) is 0 Å². The number of carbonyl (C=O) groups excluding carboxylic acids is 1. The molecular formula is C28H36N2O. The maximum absolute atomic E-state index is 13.6. The van der Waals surface area contributed by atoms with Crippen molar-refractivity contribution in [3.05, 3.63) is 71.8 Å². The van der Waals surface area contributed by atoms with Crippen molar-refractivity contribution in [3.63, 3.8) is 0 Å². The van der Waals surface area contributed by atoms with Gasteiger partial charge in [-0.1, -0.05) is 79.9 Å². The largest absolute Gasteiger partial charge is 0.352 e. The van der Waals surface area contributed by atoms with Gasteiger partial charge in [-0.05, 0) is 54.6 Å². The Labute approximate surface area is 187 Å². The summed E-state index contributed by atoms with van der Waals surface area (Å²) >= 11 is 0. The minimum atomic E-state index is 0.0161. The fourth-order valence-electron chi connectivity index (χ4n) is 6.55. The van der Waals surface area contributed by atoms with Crippen LogP contribution >= 0.6 is 0 Å². The van der Waals surface area contributed by atoms with E-state index >= 15 is 0 Å². The standard InChI is InChI=1S/C28H36N2O/c31-28(27(22-12-6-2-7-13-22)23-14-8-3-9-15-23)29-26-17-16-24-19-30(20-25(24)26)18-21-10-4-1-5-11-21/h1-2,4-7,10-13,23-27H,3,8-9,14-20H2,(H,29,31). The lowest BCUT2D eigenvalue weighted by atomic mass is 9.76. The number of hydrogen-bond acceptors (Lipinski definition) is 2. The van der Waals surface area contributed by atoms with Crippen molar-refractivity contribution in [1.82, 2.24) is 10.2 Å². The number of fused-ring (bicyclic) bond motifs is 1. The molecule has 0 spiro atoms. The first-order valence-corrected chi connectivity index (χ1v) is 12.4. The highest BCUT2D eigenvalue weighted by Gasteiger charge is 2.44. The molecule has 1 amide bonds. The van der Waals surface area contributed by atoms with Crippen LogP contribution in [0.1, 0.15) is 62.0 Å². The molecule has 3 fully saturated rings. The molecule has 1 aliphatic heterocycles. The third-order valence-corrected chi connectivity index (χ3v) is 8.07. The third-order valence-electron chi connectivity index (χ3n) is 8.07. The van der Waals surface area contributed by atoms with E-state index in [9.17, 15) is 4.79 Å². The Bertz CT molecular complexity index is 846. The topological polar surface area (TPSA) is 32.3 Å². The van der Waals surface area contributed by atoms with Gasteiger partial charge in [-0.25, -0.2) is 0 Å². The SMILES string of the molecule is O=C(NC1CCC2CN(Cc3ccccc3)CC21)C(c1ccccc1)C1CCCCC1. The van der Waals surface area contributed by atoms with Gasteiger partial charge in [0.1, 0.15) is 0 Å². The van der Waals surface area contributed by atoms with E-state index in [0.29, 0.717) is 17.9 Å². The molecule has 31 heavy (non-hydrogen) atoms. The first-order chi connectivity index (χ1) is 15.3. The summed E-state index contributed by atoms with van der Waals surface area (Å²) in [5.74, 6) is 2.13. The van der Waals surface area contributed by atoms with Gasteiger partial charge in [0.05, 0.1) is 5.92 Å². The number of carbonyl (C=O) groups is 1. The number of hydrogen-bond donors (Lipinski definition) is 1. The predicted octanol–water partition coefficient (Wildman–Crippen LogP) is 5.38. The Kier molecular flexibility index (Phi) is 6.40. The second-order valence-corrected chi connectivity index (χ2v) is 10.1. The molecule has 4 atom stereocenters. The van der Waals surface area contributed by atoms with Crippen LogP contribution in [0.15, 0.2) is 60.7 Å². The zero-order valence-corrected chi connectivity index (χ0v) is 18.6. The fraction of sp³-hybridized carbons (Fsp3) is 0.536. The van der Waals surface area contributed by atoms with Gasteiger partial charge >= 0.3 is 0 Å². The molecule has 1 heterocycles. The molecule has 1 saturated heterocycles. The van der Waals surface area contributed by atoms with E-state index in [1.54, 1.807) is 0 Å². The Morgan fingerprint density at radius 3 is 2.32 bits per heavy atom. The van der Waals surface area contributed by atoms with Crippen LogP contribution in [0.5, 0.6) is 0 Å². The Morgan fingerprint density at radius 2 is 1.58 bits per heavy atom. The molecule has 0 radical (unpaired) electrons. The number of nitrogens with one attached hydrogen (secondary N) is 1. The molecule has 164 valence electrons. The lowest BCUT2D eigenvalue weighted by Crippen LogP contribution is -2.43. The summed E-state index contributed by atoms with van der Waals surface area (Å²) in [4.78, 5) is 16.2. The molecule has 0 aromatic heterocycles. The molecule has 2 aliphatic carbocycles. The maximum Gasteiger partial charge on any atom is 0.228 e. The lowest BCUT2D eigenvalue weighted by Gasteiger charge is -2.32. The van der Waals surface area contributed by atoms with E-state index in [0.717, 1.165) is 25.4 Å². The zero-order chi connectivity index (χ0) is 21.0. The van der Waals surface area contributed by atoms with Crippen molar-refractivity contribution >= 4 is 5.91 Å². The van der Waals surface area contributed by atoms with E-state index in [4.69, 9.17) is 0 Å². The lowest BCUT2D eigenvalue weighted by molar-refractivity contribution is -0.125.